The highest BCUT2D eigenvalue weighted by molar-refractivity contribution is 6.32. The highest BCUT2D eigenvalue weighted by Crippen LogP contribution is 2.36. The van der Waals surface area contributed by atoms with Crippen molar-refractivity contribution in [2.75, 3.05) is 13.7 Å². The number of amides is 2. The Hall–Kier alpha value is -3.06. The monoisotopic (exact) mass is 392 g/mol. The molecule has 0 saturated carbocycles. The SMILES string of the molecule is CCOc1c(Cl)cc(C=CC(=O)NNC(=O)c2ccc(F)cc2)cc1OC. The molecule has 0 aromatic heterocycles. The maximum atomic E-state index is 12.8. The zero-order valence-electron chi connectivity index (χ0n) is 14.7. The zero-order valence-corrected chi connectivity index (χ0v) is 15.5. The zero-order chi connectivity index (χ0) is 19.8. The van der Waals surface area contributed by atoms with Gasteiger partial charge >= 0.3 is 0 Å². The summed E-state index contributed by atoms with van der Waals surface area (Å²) in [6.45, 7) is 2.26. The van der Waals surface area contributed by atoms with Gasteiger partial charge in [-0.25, -0.2) is 4.39 Å². The second kappa shape index (κ2) is 9.59. The molecule has 0 aliphatic rings. The van der Waals surface area contributed by atoms with E-state index in [0.717, 1.165) is 12.1 Å². The number of hydrogen-bond donors (Lipinski definition) is 2. The van der Waals surface area contributed by atoms with Crippen LogP contribution in [0, 0.1) is 5.82 Å². The molecule has 8 heteroatoms. The maximum Gasteiger partial charge on any atom is 0.269 e. The molecule has 0 radical (unpaired) electrons. The second-order valence-corrected chi connectivity index (χ2v) is 5.66. The van der Waals surface area contributed by atoms with Crippen molar-refractivity contribution < 1.29 is 23.5 Å². The lowest BCUT2D eigenvalue weighted by Gasteiger charge is -2.11. The molecule has 27 heavy (non-hydrogen) atoms. The third-order valence-corrected chi connectivity index (χ3v) is 3.65. The topological polar surface area (TPSA) is 76.7 Å². The normalized spacial score (nSPS) is 10.5. The van der Waals surface area contributed by atoms with Gasteiger partial charge in [-0.2, -0.15) is 0 Å². The maximum absolute atomic E-state index is 12.8. The molecule has 0 heterocycles. The minimum absolute atomic E-state index is 0.212. The van der Waals surface area contributed by atoms with Crippen LogP contribution in [-0.4, -0.2) is 25.5 Å². The summed E-state index contributed by atoms with van der Waals surface area (Å²) in [5, 5.41) is 0.348. The van der Waals surface area contributed by atoms with Gasteiger partial charge in [-0.05, 0) is 55.0 Å². The number of rotatable bonds is 6. The van der Waals surface area contributed by atoms with Gasteiger partial charge in [-0.15, -0.1) is 0 Å². The molecule has 0 aliphatic heterocycles. The van der Waals surface area contributed by atoms with Crippen LogP contribution in [0.5, 0.6) is 11.5 Å². The molecule has 0 spiro atoms. The average molecular weight is 393 g/mol. The van der Waals surface area contributed by atoms with Crippen molar-refractivity contribution >= 4 is 29.5 Å². The Balaban J connectivity index is 1.99. The Morgan fingerprint density at radius 3 is 2.52 bits per heavy atom. The summed E-state index contributed by atoms with van der Waals surface area (Å²) < 4.78 is 23.5. The first kappa shape index (κ1) is 20.3. The Morgan fingerprint density at radius 1 is 1.19 bits per heavy atom. The summed E-state index contributed by atoms with van der Waals surface area (Å²) in [5.41, 5.74) is 5.29. The number of hydrogen-bond acceptors (Lipinski definition) is 4. The molecule has 0 atom stereocenters. The van der Waals surface area contributed by atoms with E-state index in [0.29, 0.717) is 28.7 Å². The molecule has 2 aromatic carbocycles. The minimum atomic E-state index is -0.567. The molecule has 0 aliphatic carbocycles. The van der Waals surface area contributed by atoms with Gasteiger partial charge in [0.1, 0.15) is 5.82 Å². The molecule has 142 valence electrons. The second-order valence-electron chi connectivity index (χ2n) is 5.25. The molecule has 2 rings (SSSR count). The van der Waals surface area contributed by atoms with Crippen LogP contribution in [0.2, 0.25) is 5.02 Å². The van der Waals surface area contributed by atoms with Crippen LogP contribution in [0.25, 0.3) is 6.08 Å². The van der Waals surface area contributed by atoms with E-state index in [1.165, 1.54) is 31.4 Å². The van der Waals surface area contributed by atoms with E-state index in [9.17, 15) is 14.0 Å². The van der Waals surface area contributed by atoms with Crippen molar-refractivity contribution in [2.45, 2.75) is 6.92 Å². The lowest BCUT2D eigenvalue weighted by Crippen LogP contribution is -2.40. The van der Waals surface area contributed by atoms with Crippen LogP contribution < -0.4 is 20.3 Å². The molecule has 2 N–H and O–H groups in total. The number of ether oxygens (including phenoxy) is 2. The van der Waals surface area contributed by atoms with Gasteiger partial charge in [0, 0.05) is 11.6 Å². The molecule has 0 saturated heterocycles. The van der Waals surface area contributed by atoms with Crippen LogP contribution in [-0.2, 0) is 4.79 Å². The predicted molar refractivity (Wildman–Crippen MR) is 100 cm³/mol. The van der Waals surface area contributed by atoms with E-state index < -0.39 is 17.6 Å². The number of halogens is 2. The lowest BCUT2D eigenvalue weighted by atomic mass is 10.2. The molecule has 2 amide bonds. The number of carbonyl (C=O) groups excluding carboxylic acids is 2. The van der Waals surface area contributed by atoms with Crippen LogP contribution in [0.3, 0.4) is 0 Å². The molecular formula is C19H18ClFN2O4. The summed E-state index contributed by atoms with van der Waals surface area (Å²) in [6.07, 6.45) is 2.72. The Bertz CT molecular complexity index is 854. The van der Waals surface area contributed by atoms with Gasteiger partial charge in [0.05, 0.1) is 18.7 Å². The van der Waals surface area contributed by atoms with E-state index in [1.807, 2.05) is 6.92 Å². The van der Waals surface area contributed by atoms with Gasteiger partial charge in [0.2, 0.25) is 0 Å². The third-order valence-electron chi connectivity index (χ3n) is 3.37. The van der Waals surface area contributed by atoms with E-state index in [2.05, 4.69) is 10.9 Å². The number of benzene rings is 2. The summed E-state index contributed by atoms with van der Waals surface area (Å²) in [6, 6.07) is 8.20. The smallest absolute Gasteiger partial charge is 0.269 e. The van der Waals surface area contributed by atoms with E-state index in [1.54, 1.807) is 12.1 Å². The van der Waals surface area contributed by atoms with Crippen molar-refractivity contribution in [3.63, 3.8) is 0 Å². The van der Waals surface area contributed by atoms with Crippen LogP contribution in [0.1, 0.15) is 22.8 Å². The summed E-state index contributed by atoms with van der Waals surface area (Å²) >= 11 is 6.17. The van der Waals surface area contributed by atoms with Crippen LogP contribution in [0.15, 0.2) is 42.5 Å². The Morgan fingerprint density at radius 2 is 1.89 bits per heavy atom. The van der Waals surface area contributed by atoms with Crippen molar-refractivity contribution in [1.82, 2.24) is 10.9 Å². The summed E-state index contributed by atoms with van der Waals surface area (Å²) in [4.78, 5) is 23.7. The first-order valence-corrected chi connectivity index (χ1v) is 8.36. The fourth-order valence-electron chi connectivity index (χ4n) is 2.13. The number of nitrogens with one attached hydrogen (secondary N) is 2. The Labute approximate surface area is 160 Å². The van der Waals surface area contributed by atoms with Crippen molar-refractivity contribution in [1.29, 1.82) is 0 Å². The van der Waals surface area contributed by atoms with Gasteiger partial charge in [-0.1, -0.05) is 11.6 Å². The van der Waals surface area contributed by atoms with Crippen LogP contribution >= 0.6 is 11.6 Å². The average Bonchev–Trinajstić information content (AvgIpc) is 2.66. The Kier molecular flexibility index (Phi) is 7.19. The molecular weight excluding hydrogens is 375 g/mol. The quantitative estimate of drug-likeness (QED) is 0.583. The van der Waals surface area contributed by atoms with Gasteiger partial charge in [0.15, 0.2) is 11.5 Å². The largest absolute Gasteiger partial charge is 0.493 e. The fourth-order valence-corrected chi connectivity index (χ4v) is 2.40. The summed E-state index contributed by atoms with van der Waals surface area (Å²) in [5.74, 6) is -0.719. The predicted octanol–water partition coefficient (Wildman–Crippen LogP) is 3.36. The molecule has 0 unspecified atom stereocenters. The third kappa shape index (κ3) is 5.72. The van der Waals surface area contributed by atoms with Gasteiger partial charge in [-0.3, -0.25) is 20.4 Å². The first-order valence-electron chi connectivity index (χ1n) is 7.99. The molecule has 6 nitrogen and oxygen atoms in total. The van der Waals surface area contributed by atoms with E-state index >= 15 is 0 Å². The standard InChI is InChI=1S/C19H18ClFN2O4/c1-3-27-18-15(20)10-12(11-16(18)26-2)4-9-17(24)22-23-19(25)13-5-7-14(21)8-6-13/h4-11H,3H2,1-2H3,(H,22,24)(H,23,25). The molecule has 0 fully saturated rings. The lowest BCUT2D eigenvalue weighted by molar-refractivity contribution is -0.117. The van der Waals surface area contributed by atoms with Gasteiger partial charge < -0.3 is 9.47 Å². The highest BCUT2D eigenvalue weighted by atomic mass is 35.5. The first-order chi connectivity index (χ1) is 12.9. The van der Waals surface area contributed by atoms with Crippen LogP contribution in [0.4, 0.5) is 4.39 Å². The fraction of sp³-hybridized carbons (Fsp3) is 0.158. The number of methoxy groups -OCH3 is 1. The molecule has 2 aromatic rings. The minimum Gasteiger partial charge on any atom is -0.493 e. The van der Waals surface area contributed by atoms with E-state index in [-0.39, 0.29) is 5.56 Å². The highest BCUT2D eigenvalue weighted by Gasteiger charge is 2.11. The van der Waals surface area contributed by atoms with Crippen molar-refractivity contribution in [3.8, 4) is 11.5 Å². The van der Waals surface area contributed by atoms with Crippen molar-refractivity contribution in [3.05, 3.63) is 64.4 Å². The van der Waals surface area contributed by atoms with Gasteiger partial charge in [0.25, 0.3) is 11.8 Å². The van der Waals surface area contributed by atoms with E-state index in [4.69, 9.17) is 21.1 Å². The molecule has 0 bridgehead atoms. The number of carbonyl (C=O) groups is 2. The van der Waals surface area contributed by atoms with Crippen molar-refractivity contribution in [2.24, 2.45) is 0 Å². The number of hydrazine groups is 1. The summed E-state index contributed by atoms with van der Waals surface area (Å²) in [7, 11) is 1.49.